The summed E-state index contributed by atoms with van der Waals surface area (Å²) in [7, 11) is 1.59. The van der Waals surface area contributed by atoms with Crippen LogP contribution >= 0.6 is 51.2 Å². The van der Waals surface area contributed by atoms with Crippen LogP contribution in [0.2, 0.25) is 0 Å². The number of rotatable bonds is 8. The molecule has 1 aromatic rings. The van der Waals surface area contributed by atoms with E-state index >= 15 is 0 Å². The van der Waals surface area contributed by atoms with E-state index in [1.54, 1.807) is 18.8 Å². The molecule has 1 rings (SSSR count). The number of nitrogens with two attached hydrogens (primary N) is 1. The van der Waals surface area contributed by atoms with E-state index in [1.807, 2.05) is 24.3 Å². The second-order valence-electron chi connectivity index (χ2n) is 5.41. The first-order valence-electron chi connectivity index (χ1n) is 8.23. The van der Waals surface area contributed by atoms with Crippen molar-refractivity contribution in [3.8, 4) is 0 Å². The number of carbonyl (C=O) groups is 1. The Bertz CT molecular complexity index is 756. The van der Waals surface area contributed by atoms with Gasteiger partial charge in [0.25, 0.3) is 0 Å². The topological polar surface area (TPSA) is 139 Å². The Morgan fingerprint density at radius 2 is 1.82 bits per heavy atom. The molecule has 7 nitrogen and oxygen atoms in total. The zero-order valence-corrected chi connectivity index (χ0v) is 19.4. The number of carbonyl (C=O) groups excluding carboxylic acids is 1. The van der Waals surface area contributed by atoms with Crippen molar-refractivity contribution in [3.63, 3.8) is 0 Å². The summed E-state index contributed by atoms with van der Waals surface area (Å²) in [6, 6.07) is 7.56. The van der Waals surface area contributed by atoms with Crippen LogP contribution in [0, 0.1) is 16.2 Å². The van der Waals surface area contributed by atoms with Gasteiger partial charge in [-0.05, 0) is 52.7 Å². The minimum absolute atomic E-state index is 0.0680. The highest BCUT2D eigenvalue weighted by Crippen LogP contribution is 2.15. The minimum Gasteiger partial charge on any atom is -0.378 e. The maximum atomic E-state index is 12.2. The molecule has 0 aliphatic heterocycles. The van der Waals surface area contributed by atoms with Crippen LogP contribution in [0.4, 0.5) is 0 Å². The third-order valence-electron chi connectivity index (χ3n) is 3.10. The Labute approximate surface area is 186 Å². The first-order chi connectivity index (χ1) is 13.3. The molecule has 1 aromatic carbocycles. The molecule has 0 aromatic heterocycles. The zero-order chi connectivity index (χ0) is 20.9. The quantitative estimate of drug-likeness (QED) is 0.208. The Morgan fingerprint density at radius 3 is 2.39 bits per heavy atom. The standard InChI is InChI=1S/C17H23BrN6OS3/c1-23-17(24-15(25)10-11-3-2-4-12(18)9-11)28-14(20)6-8-26-7-5-13(19)27-16(21)22/h2-4,9,19-20H,5-8,10H2,1H3,(H3,21,22)(H,23,24,25). The summed E-state index contributed by atoms with van der Waals surface area (Å²) in [5.74, 6) is 1.32. The van der Waals surface area contributed by atoms with Gasteiger partial charge in [0, 0.05) is 24.4 Å². The fourth-order valence-corrected chi connectivity index (χ4v) is 4.68. The van der Waals surface area contributed by atoms with Gasteiger partial charge >= 0.3 is 0 Å². The van der Waals surface area contributed by atoms with E-state index in [4.69, 9.17) is 22.0 Å². The number of thioether (sulfide) groups is 3. The van der Waals surface area contributed by atoms with Crippen LogP contribution in [-0.2, 0) is 11.2 Å². The first-order valence-corrected chi connectivity index (χ1v) is 11.8. The second kappa shape index (κ2) is 13.8. The summed E-state index contributed by atoms with van der Waals surface area (Å²) in [6.07, 6.45) is 1.36. The van der Waals surface area contributed by atoms with E-state index in [0.29, 0.717) is 28.1 Å². The maximum absolute atomic E-state index is 12.2. The van der Waals surface area contributed by atoms with Gasteiger partial charge in [0.1, 0.15) is 0 Å². The predicted molar refractivity (Wildman–Crippen MR) is 128 cm³/mol. The van der Waals surface area contributed by atoms with Crippen LogP contribution in [0.3, 0.4) is 0 Å². The van der Waals surface area contributed by atoms with Crippen molar-refractivity contribution in [2.45, 2.75) is 19.3 Å². The number of hydrogen-bond acceptors (Lipinski definition) is 8. The normalized spacial score (nSPS) is 11.1. The van der Waals surface area contributed by atoms with Gasteiger partial charge in [-0.1, -0.05) is 28.1 Å². The van der Waals surface area contributed by atoms with E-state index < -0.39 is 0 Å². The number of nitrogens with one attached hydrogen (secondary N) is 4. The molecule has 6 N–H and O–H groups in total. The second-order valence-corrected chi connectivity index (χ2v) is 9.77. The molecule has 0 spiro atoms. The molecular weight excluding hydrogens is 480 g/mol. The third kappa shape index (κ3) is 11.5. The van der Waals surface area contributed by atoms with E-state index in [0.717, 1.165) is 45.1 Å². The monoisotopic (exact) mass is 502 g/mol. The van der Waals surface area contributed by atoms with Crippen molar-refractivity contribution in [2.75, 3.05) is 18.6 Å². The largest absolute Gasteiger partial charge is 0.378 e. The van der Waals surface area contributed by atoms with Crippen molar-refractivity contribution in [1.82, 2.24) is 5.32 Å². The lowest BCUT2D eigenvalue weighted by molar-refractivity contribution is -0.119. The van der Waals surface area contributed by atoms with Gasteiger partial charge in [-0.15, -0.1) is 0 Å². The average molecular weight is 504 g/mol. The van der Waals surface area contributed by atoms with Gasteiger partial charge in [-0.3, -0.25) is 26.0 Å². The third-order valence-corrected chi connectivity index (χ3v) is 6.18. The van der Waals surface area contributed by atoms with Gasteiger partial charge in [0.05, 0.1) is 16.5 Å². The molecule has 0 radical (unpaired) electrons. The number of amides is 1. The van der Waals surface area contributed by atoms with Crippen LogP contribution in [0.15, 0.2) is 33.7 Å². The summed E-state index contributed by atoms with van der Waals surface area (Å²) in [6.45, 7) is 0. The molecule has 0 saturated heterocycles. The molecule has 1 amide bonds. The summed E-state index contributed by atoms with van der Waals surface area (Å²) < 4.78 is 0.922. The molecular formula is C17H23BrN6OS3. The number of benzene rings is 1. The number of nitrogens with zero attached hydrogens (tertiary/aromatic N) is 1. The van der Waals surface area contributed by atoms with E-state index in [1.165, 1.54) is 0 Å². The number of halogens is 1. The lowest BCUT2D eigenvalue weighted by Crippen LogP contribution is -2.30. The van der Waals surface area contributed by atoms with Crippen molar-refractivity contribution < 1.29 is 4.79 Å². The Morgan fingerprint density at radius 1 is 1.18 bits per heavy atom. The summed E-state index contributed by atoms with van der Waals surface area (Å²) >= 11 is 7.13. The minimum atomic E-state index is -0.171. The smallest absolute Gasteiger partial charge is 0.230 e. The number of hydrogen-bond donors (Lipinski definition) is 5. The van der Waals surface area contributed by atoms with Gasteiger partial charge in [-0.25, -0.2) is 0 Å². The SMILES string of the molecule is CN=C(NC(=O)Cc1cccc(Br)c1)SC(=N)CCSCCC(=N)SC(=N)N. The highest BCUT2D eigenvalue weighted by Gasteiger charge is 2.10. The molecule has 28 heavy (non-hydrogen) atoms. The van der Waals surface area contributed by atoms with E-state index in [2.05, 4.69) is 26.2 Å². The highest BCUT2D eigenvalue weighted by molar-refractivity contribution is 9.10. The molecule has 0 aliphatic carbocycles. The lowest BCUT2D eigenvalue weighted by atomic mass is 10.1. The van der Waals surface area contributed by atoms with Gasteiger partial charge in [0.2, 0.25) is 5.91 Å². The summed E-state index contributed by atoms with van der Waals surface area (Å²) in [5.41, 5.74) is 6.13. The van der Waals surface area contributed by atoms with Crippen LogP contribution in [-0.4, -0.2) is 44.9 Å². The molecule has 0 fully saturated rings. The molecule has 0 aliphatic rings. The summed E-state index contributed by atoms with van der Waals surface area (Å²) in [5, 5.41) is 26.7. The first kappa shape index (κ1) is 24.7. The molecule has 0 heterocycles. The van der Waals surface area contributed by atoms with Crippen LogP contribution in [0.5, 0.6) is 0 Å². The summed E-state index contributed by atoms with van der Waals surface area (Å²) in [4.78, 5) is 16.2. The molecule has 0 atom stereocenters. The molecule has 0 bridgehead atoms. The average Bonchev–Trinajstić information content (AvgIpc) is 2.60. The Balaban J connectivity index is 2.28. The van der Waals surface area contributed by atoms with Crippen LogP contribution in [0.25, 0.3) is 0 Å². The Hall–Kier alpha value is -1.30. The zero-order valence-electron chi connectivity index (χ0n) is 15.4. The van der Waals surface area contributed by atoms with Gasteiger partial charge in [-0.2, -0.15) is 11.8 Å². The van der Waals surface area contributed by atoms with Gasteiger partial charge in [0.15, 0.2) is 10.3 Å². The van der Waals surface area contributed by atoms with Crippen LogP contribution < -0.4 is 11.1 Å². The lowest BCUT2D eigenvalue weighted by Gasteiger charge is -2.09. The van der Waals surface area contributed by atoms with Crippen molar-refractivity contribution >= 4 is 77.5 Å². The van der Waals surface area contributed by atoms with E-state index in [9.17, 15) is 4.79 Å². The van der Waals surface area contributed by atoms with Crippen molar-refractivity contribution in [3.05, 3.63) is 34.3 Å². The molecule has 0 saturated carbocycles. The van der Waals surface area contributed by atoms with Crippen molar-refractivity contribution in [1.29, 1.82) is 16.2 Å². The molecule has 152 valence electrons. The number of amidine groups is 2. The van der Waals surface area contributed by atoms with Crippen molar-refractivity contribution in [2.24, 2.45) is 10.7 Å². The number of aliphatic imine (C=N–C) groups is 1. The highest BCUT2D eigenvalue weighted by atomic mass is 79.9. The van der Waals surface area contributed by atoms with E-state index in [-0.39, 0.29) is 17.5 Å². The predicted octanol–water partition coefficient (Wildman–Crippen LogP) is 3.92. The van der Waals surface area contributed by atoms with Gasteiger partial charge < -0.3 is 11.1 Å². The molecule has 0 unspecified atom stereocenters. The van der Waals surface area contributed by atoms with Crippen LogP contribution in [0.1, 0.15) is 18.4 Å². The fraction of sp³-hybridized carbons (Fsp3) is 0.353. The Kier molecular flexibility index (Phi) is 12.2. The maximum Gasteiger partial charge on any atom is 0.230 e. The molecule has 11 heteroatoms. The fourth-order valence-electron chi connectivity index (χ4n) is 1.91.